The zero-order valence-electron chi connectivity index (χ0n) is 7.47. The normalized spacial score (nSPS) is 10.1. The molecule has 1 heterocycles. The van der Waals surface area contributed by atoms with Crippen LogP contribution in [0.5, 0.6) is 0 Å². The number of carbonyl (C=O) groups is 1. The molecule has 0 amide bonds. The third kappa shape index (κ3) is 2.36. The van der Waals surface area contributed by atoms with Crippen LogP contribution < -0.4 is 11.1 Å². The summed E-state index contributed by atoms with van der Waals surface area (Å²) >= 11 is 0. The summed E-state index contributed by atoms with van der Waals surface area (Å²) in [4.78, 5) is 10.4. The Morgan fingerprint density at radius 1 is 1.71 bits per heavy atom. The molecule has 0 aliphatic rings. The molecule has 0 aliphatic heterocycles. The highest BCUT2D eigenvalue weighted by molar-refractivity contribution is 5.69. The van der Waals surface area contributed by atoms with Gasteiger partial charge < -0.3 is 21.3 Å². The number of nitrogens with two attached hydrogens (primary N) is 1. The highest BCUT2D eigenvalue weighted by atomic mass is 16.4. The Bertz CT molecular complexity index is 323. The predicted molar refractivity (Wildman–Crippen MR) is 49.9 cm³/mol. The van der Waals surface area contributed by atoms with Gasteiger partial charge in [-0.05, 0) is 0 Å². The SMILES string of the molecule is Nc1cnn(CC(=O)O)c1NCCO. The number of hydrogen-bond donors (Lipinski definition) is 4. The van der Waals surface area contributed by atoms with Crippen LogP contribution in [0.1, 0.15) is 0 Å². The Balaban J connectivity index is 2.77. The lowest BCUT2D eigenvalue weighted by Crippen LogP contribution is -2.16. The molecule has 0 saturated heterocycles. The number of aliphatic hydroxyl groups excluding tert-OH is 1. The molecule has 78 valence electrons. The van der Waals surface area contributed by atoms with Crippen molar-refractivity contribution in [1.82, 2.24) is 9.78 Å². The van der Waals surface area contributed by atoms with Gasteiger partial charge in [0.1, 0.15) is 12.4 Å². The molecule has 0 aliphatic carbocycles. The lowest BCUT2D eigenvalue weighted by atomic mass is 10.5. The van der Waals surface area contributed by atoms with Crippen molar-refractivity contribution in [2.75, 3.05) is 24.2 Å². The molecule has 0 bridgehead atoms. The second-order valence-corrected chi connectivity index (χ2v) is 2.65. The van der Waals surface area contributed by atoms with Crippen LogP contribution in [0.25, 0.3) is 0 Å². The van der Waals surface area contributed by atoms with E-state index in [1.54, 1.807) is 0 Å². The standard InChI is InChI=1S/C7H12N4O3/c8-5-3-10-11(4-6(13)14)7(5)9-1-2-12/h3,9,12H,1-2,4,8H2,(H,13,14). The summed E-state index contributed by atoms with van der Waals surface area (Å²) in [7, 11) is 0. The van der Waals surface area contributed by atoms with Crippen molar-refractivity contribution >= 4 is 17.5 Å². The quantitative estimate of drug-likeness (QED) is 0.482. The Morgan fingerprint density at radius 2 is 2.43 bits per heavy atom. The summed E-state index contributed by atoms with van der Waals surface area (Å²) in [5.74, 6) is -0.582. The van der Waals surface area contributed by atoms with Crippen LogP contribution in [0.15, 0.2) is 6.20 Å². The average molecular weight is 200 g/mol. The molecule has 1 aromatic heterocycles. The minimum absolute atomic E-state index is 0.0578. The van der Waals surface area contributed by atoms with Gasteiger partial charge in [-0.1, -0.05) is 0 Å². The first-order chi connectivity index (χ1) is 6.65. The maximum atomic E-state index is 10.4. The van der Waals surface area contributed by atoms with Gasteiger partial charge in [-0.15, -0.1) is 0 Å². The summed E-state index contributed by atoms with van der Waals surface area (Å²) in [6, 6.07) is 0. The lowest BCUT2D eigenvalue weighted by Gasteiger charge is -2.07. The van der Waals surface area contributed by atoms with Crippen molar-refractivity contribution in [3.63, 3.8) is 0 Å². The fourth-order valence-electron chi connectivity index (χ4n) is 1.02. The summed E-state index contributed by atoms with van der Waals surface area (Å²) in [6.07, 6.45) is 1.36. The van der Waals surface area contributed by atoms with Crippen molar-refractivity contribution < 1.29 is 15.0 Å². The van der Waals surface area contributed by atoms with E-state index in [9.17, 15) is 4.79 Å². The summed E-state index contributed by atoms with van der Waals surface area (Å²) in [6.45, 7) is -0.0157. The van der Waals surface area contributed by atoms with Crippen LogP contribution in [0, 0.1) is 0 Å². The van der Waals surface area contributed by atoms with Crippen molar-refractivity contribution in [2.24, 2.45) is 0 Å². The molecule has 7 nitrogen and oxygen atoms in total. The molecule has 1 rings (SSSR count). The van der Waals surface area contributed by atoms with Crippen molar-refractivity contribution in [3.05, 3.63) is 6.20 Å². The van der Waals surface area contributed by atoms with Crippen molar-refractivity contribution in [2.45, 2.75) is 6.54 Å². The fourth-order valence-corrected chi connectivity index (χ4v) is 1.02. The summed E-state index contributed by atoms with van der Waals surface area (Å²) < 4.78 is 1.23. The van der Waals surface area contributed by atoms with Gasteiger partial charge in [0.05, 0.1) is 18.5 Å². The first-order valence-corrected chi connectivity index (χ1v) is 4.03. The van der Waals surface area contributed by atoms with E-state index in [0.29, 0.717) is 18.1 Å². The van der Waals surface area contributed by atoms with Gasteiger partial charge in [0, 0.05) is 6.54 Å². The number of carboxylic acids is 1. The molecule has 0 atom stereocenters. The number of carboxylic acid groups (broad SMARTS) is 1. The molecule has 5 N–H and O–H groups in total. The number of nitrogens with zero attached hydrogens (tertiary/aromatic N) is 2. The van der Waals surface area contributed by atoms with Gasteiger partial charge in [-0.3, -0.25) is 4.79 Å². The number of nitrogen functional groups attached to an aromatic ring is 1. The van der Waals surface area contributed by atoms with E-state index in [1.807, 2.05) is 0 Å². The third-order valence-corrected chi connectivity index (χ3v) is 1.56. The molecule has 1 aromatic rings. The van der Waals surface area contributed by atoms with Gasteiger partial charge in [0.2, 0.25) is 0 Å². The van der Waals surface area contributed by atoms with Crippen molar-refractivity contribution in [1.29, 1.82) is 0 Å². The van der Waals surface area contributed by atoms with E-state index in [0.717, 1.165) is 0 Å². The van der Waals surface area contributed by atoms with E-state index in [2.05, 4.69) is 10.4 Å². The van der Waals surface area contributed by atoms with Gasteiger partial charge >= 0.3 is 5.97 Å². The Hall–Kier alpha value is -1.76. The Morgan fingerprint density at radius 3 is 3.00 bits per heavy atom. The van der Waals surface area contributed by atoms with Crippen LogP contribution in [0.4, 0.5) is 11.5 Å². The van der Waals surface area contributed by atoms with E-state index in [-0.39, 0.29) is 13.2 Å². The maximum Gasteiger partial charge on any atom is 0.325 e. The first-order valence-electron chi connectivity index (χ1n) is 4.03. The van der Waals surface area contributed by atoms with Gasteiger partial charge in [-0.25, -0.2) is 4.68 Å². The number of anilines is 2. The number of hydrogen-bond acceptors (Lipinski definition) is 5. The number of aliphatic carboxylic acids is 1. The summed E-state index contributed by atoms with van der Waals surface area (Å²) in [5, 5.41) is 23.7. The molecule has 0 aromatic carbocycles. The molecule has 0 saturated carbocycles. The molecule has 14 heavy (non-hydrogen) atoms. The minimum Gasteiger partial charge on any atom is -0.480 e. The number of rotatable bonds is 5. The first kappa shape index (κ1) is 10.3. The maximum absolute atomic E-state index is 10.4. The van der Waals surface area contributed by atoms with Gasteiger partial charge in [0.25, 0.3) is 0 Å². The minimum atomic E-state index is -1.000. The van der Waals surface area contributed by atoms with Crippen LogP contribution in [-0.4, -0.2) is 39.1 Å². The third-order valence-electron chi connectivity index (χ3n) is 1.56. The second kappa shape index (κ2) is 4.47. The highest BCUT2D eigenvalue weighted by Gasteiger charge is 2.09. The topological polar surface area (TPSA) is 113 Å². The summed E-state index contributed by atoms with van der Waals surface area (Å²) in [5.41, 5.74) is 5.90. The predicted octanol–water partition coefficient (Wildman–Crippen LogP) is -1.05. The fraction of sp³-hybridized carbons (Fsp3) is 0.429. The zero-order chi connectivity index (χ0) is 10.6. The van der Waals surface area contributed by atoms with Crippen molar-refractivity contribution in [3.8, 4) is 0 Å². The molecule has 0 spiro atoms. The van der Waals surface area contributed by atoms with Crippen LogP contribution in [0.2, 0.25) is 0 Å². The number of aromatic nitrogens is 2. The number of aliphatic hydroxyl groups is 1. The Kier molecular flexibility index (Phi) is 3.29. The second-order valence-electron chi connectivity index (χ2n) is 2.65. The van der Waals surface area contributed by atoms with E-state index in [1.165, 1.54) is 10.9 Å². The largest absolute Gasteiger partial charge is 0.480 e. The molecular weight excluding hydrogens is 188 g/mol. The number of nitrogens with one attached hydrogen (secondary N) is 1. The van der Waals surface area contributed by atoms with Crippen LogP contribution in [-0.2, 0) is 11.3 Å². The Labute approximate surface area is 80.1 Å². The molecule has 7 heteroatoms. The lowest BCUT2D eigenvalue weighted by molar-refractivity contribution is -0.137. The molecule has 0 unspecified atom stereocenters. The molecule has 0 radical (unpaired) electrons. The van der Waals surface area contributed by atoms with E-state index < -0.39 is 5.97 Å². The smallest absolute Gasteiger partial charge is 0.325 e. The average Bonchev–Trinajstić information content (AvgIpc) is 2.44. The monoisotopic (exact) mass is 200 g/mol. The van der Waals surface area contributed by atoms with Gasteiger partial charge in [-0.2, -0.15) is 5.10 Å². The van der Waals surface area contributed by atoms with Crippen LogP contribution >= 0.6 is 0 Å². The highest BCUT2D eigenvalue weighted by Crippen LogP contribution is 2.16. The van der Waals surface area contributed by atoms with Crippen LogP contribution in [0.3, 0.4) is 0 Å². The molecular formula is C7H12N4O3. The van der Waals surface area contributed by atoms with Gasteiger partial charge in [0.15, 0.2) is 0 Å². The molecule has 0 fully saturated rings. The van der Waals surface area contributed by atoms with E-state index in [4.69, 9.17) is 15.9 Å². The zero-order valence-corrected chi connectivity index (χ0v) is 7.47. The van der Waals surface area contributed by atoms with E-state index >= 15 is 0 Å².